The third kappa shape index (κ3) is 2.34. The molecule has 1 heterocycles. The van der Waals surface area contributed by atoms with E-state index in [4.69, 9.17) is 0 Å². The Morgan fingerprint density at radius 1 is 1.41 bits per heavy atom. The molecule has 0 radical (unpaired) electrons. The molecule has 0 bridgehead atoms. The van der Waals surface area contributed by atoms with Crippen molar-refractivity contribution in [2.75, 3.05) is 11.4 Å². The Balaban J connectivity index is 2.35. The van der Waals surface area contributed by atoms with Gasteiger partial charge in [-0.05, 0) is 34.7 Å². The van der Waals surface area contributed by atoms with Gasteiger partial charge in [0.25, 0.3) is 0 Å². The molecule has 5 heteroatoms. The molecule has 0 saturated carbocycles. The molecule has 1 amide bonds. The highest BCUT2D eigenvalue weighted by Gasteiger charge is 2.29. The predicted octanol–water partition coefficient (Wildman–Crippen LogP) is 3.11. The number of benzene rings is 1. The van der Waals surface area contributed by atoms with Gasteiger partial charge in [-0.15, -0.1) is 6.58 Å². The highest BCUT2D eigenvalue weighted by atomic mass is 127. The minimum Gasteiger partial charge on any atom is -0.312 e. The average Bonchev–Trinajstić information content (AvgIpc) is 2.67. The predicted molar refractivity (Wildman–Crippen MR) is 69.7 cm³/mol. The third-order valence-electron chi connectivity index (χ3n) is 2.77. The monoisotopic (exact) mass is 349 g/mol. The second-order valence-corrected chi connectivity index (χ2v) is 5.01. The van der Waals surface area contributed by atoms with Crippen LogP contribution >= 0.6 is 22.6 Å². The van der Waals surface area contributed by atoms with Crippen molar-refractivity contribution < 1.29 is 13.6 Å². The lowest BCUT2D eigenvalue weighted by Gasteiger charge is -2.16. The lowest BCUT2D eigenvalue weighted by molar-refractivity contribution is -0.117. The van der Waals surface area contributed by atoms with Gasteiger partial charge in [0.2, 0.25) is 5.91 Å². The minimum absolute atomic E-state index is 0.0490. The largest absolute Gasteiger partial charge is 0.312 e. The number of anilines is 1. The van der Waals surface area contributed by atoms with Crippen LogP contribution in [0.5, 0.6) is 0 Å². The van der Waals surface area contributed by atoms with Crippen molar-refractivity contribution in [2.45, 2.75) is 6.42 Å². The van der Waals surface area contributed by atoms with Gasteiger partial charge >= 0.3 is 0 Å². The van der Waals surface area contributed by atoms with E-state index in [1.807, 2.05) is 0 Å². The van der Waals surface area contributed by atoms with Crippen LogP contribution in [0.1, 0.15) is 6.42 Å². The van der Waals surface area contributed by atoms with Gasteiger partial charge in [-0.25, -0.2) is 8.78 Å². The van der Waals surface area contributed by atoms with E-state index in [1.54, 1.807) is 28.7 Å². The molecule has 0 aliphatic carbocycles. The Morgan fingerprint density at radius 2 is 2.00 bits per heavy atom. The van der Waals surface area contributed by atoms with Crippen molar-refractivity contribution in [3.05, 3.63) is 40.0 Å². The third-order valence-corrected chi connectivity index (χ3v) is 3.80. The van der Waals surface area contributed by atoms with Crippen molar-refractivity contribution in [3.8, 4) is 0 Å². The van der Waals surface area contributed by atoms with E-state index in [0.717, 1.165) is 0 Å². The van der Waals surface area contributed by atoms with E-state index in [-0.39, 0.29) is 21.1 Å². The molecule has 0 spiro atoms. The molecule has 2 nitrogen and oxygen atoms in total. The average molecular weight is 349 g/mol. The van der Waals surface area contributed by atoms with Gasteiger partial charge in [0.15, 0.2) is 0 Å². The summed E-state index contributed by atoms with van der Waals surface area (Å²) < 4.78 is 26.7. The Labute approximate surface area is 111 Å². The van der Waals surface area contributed by atoms with Crippen LogP contribution in [0.2, 0.25) is 0 Å². The number of halogens is 3. The van der Waals surface area contributed by atoms with Gasteiger partial charge in [0, 0.05) is 24.6 Å². The van der Waals surface area contributed by atoms with Crippen LogP contribution < -0.4 is 4.90 Å². The normalized spacial score (nSPS) is 19.8. The van der Waals surface area contributed by atoms with Gasteiger partial charge in [0.05, 0.1) is 3.57 Å². The second kappa shape index (κ2) is 4.72. The zero-order valence-electron chi connectivity index (χ0n) is 8.92. The molecule has 1 aliphatic rings. The number of nitrogens with zero attached hydrogens (tertiary/aromatic N) is 1. The van der Waals surface area contributed by atoms with E-state index in [2.05, 4.69) is 6.58 Å². The molecule has 90 valence electrons. The summed E-state index contributed by atoms with van der Waals surface area (Å²) >= 11 is 1.60. The molecule has 0 N–H and O–H groups in total. The fraction of sp³-hybridized carbons (Fsp3) is 0.250. The number of carbonyl (C=O) groups excluding carboxylic acids is 1. The first-order valence-corrected chi connectivity index (χ1v) is 6.18. The lowest BCUT2D eigenvalue weighted by atomic mass is 10.1. The van der Waals surface area contributed by atoms with Crippen molar-refractivity contribution >= 4 is 34.2 Å². The molecule has 1 unspecified atom stereocenters. The summed E-state index contributed by atoms with van der Waals surface area (Å²) in [5, 5.41) is 0. The molecule has 1 aromatic carbocycles. The zero-order valence-corrected chi connectivity index (χ0v) is 11.1. The standard InChI is InChI=1S/C12H10F2INO/c1-2-7-3-11(17)16(6-7)8-4-9(13)12(15)10(14)5-8/h2,4-5,7H,1,3,6H2. The van der Waals surface area contributed by atoms with E-state index in [9.17, 15) is 13.6 Å². The molecular weight excluding hydrogens is 339 g/mol. The number of rotatable bonds is 2. The molecule has 1 aromatic rings. The van der Waals surface area contributed by atoms with E-state index in [0.29, 0.717) is 13.0 Å². The van der Waals surface area contributed by atoms with Crippen molar-refractivity contribution in [1.82, 2.24) is 0 Å². The topological polar surface area (TPSA) is 20.3 Å². The number of carbonyl (C=O) groups is 1. The summed E-state index contributed by atoms with van der Waals surface area (Å²) in [6, 6.07) is 2.38. The van der Waals surface area contributed by atoms with Gasteiger partial charge in [-0.1, -0.05) is 6.08 Å². The Bertz CT molecular complexity index is 466. The zero-order chi connectivity index (χ0) is 12.6. The summed E-state index contributed by atoms with van der Waals surface area (Å²) in [7, 11) is 0. The molecular formula is C12H10F2INO. The van der Waals surface area contributed by atoms with E-state index in [1.165, 1.54) is 17.0 Å². The summed E-state index contributed by atoms with van der Waals surface area (Å²) in [6.07, 6.45) is 2.04. The highest BCUT2D eigenvalue weighted by molar-refractivity contribution is 14.1. The van der Waals surface area contributed by atoms with Gasteiger partial charge in [-0.3, -0.25) is 4.79 Å². The van der Waals surface area contributed by atoms with Crippen molar-refractivity contribution in [3.63, 3.8) is 0 Å². The van der Waals surface area contributed by atoms with E-state index >= 15 is 0 Å². The molecule has 1 atom stereocenters. The van der Waals surface area contributed by atoms with E-state index < -0.39 is 11.6 Å². The fourth-order valence-corrected chi connectivity index (χ4v) is 2.15. The first-order chi connectivity index (χ1) is 8.02. The maximum Gasteiger partial charge on any atom is 0.227 e. The highest BCUT2D eigenvalue weighted by Crippen LogP contribution is 2.28. The minimum atomic E-state index is -0.643. The van der Waals surface area contributed by atoms with Crippen LogP contribution in [0.25, 0.3) is 0 Å². The summed E-state index contributed by atoms with van der Waals surface area (Å²) in [6.45, 7) is 4.06. The molecule has 17 heavy (non-hydrogen) atoms. The first-order valence-electron chi connectivity index (χ1n) is 5.10. The fourth-order valence-electron chi connectivity index (χ4n) is 1.84. The smallest absolute Gasteiger partial charge is 0.227 e. The van der Waals surface area contributed by atoms with Gasteiger partial charge < -0.3 is 4.90 Å². The number of hydrogen-bond acceptors (Lipinski definition) is 1. The SMILES string of the molecule is C=CC1CC(=O)N(c2cc(F)c(I)c(F)c2)C1. The molecule has 2 rings (SSSR count). The van der Waals surface area contributed by atoms with Crippen LogP contribution in [0, 0.1) is 21.1 Å². The Kier molecular flexibility index (Phi) is 3.46. The van der Waals surface area contributed by atoms with Gasteiger partial charge in [-0.2, -0.15) is 0 Å². The Morgan fingerprint density at radius 3 is 2.47 bits per heavy atom. The number of amides is 1. The molecule has 0 aromatic heterocycles. The van der Waals surface area contributed by atoms with Crippen LogP contribution in [0.4, 0.5) is 14.5 Å². The lowest BCUT2D eigenvalue weighted by Crippen LogP contribution is -2.24. The van der Waals surface area contributed by atoms with Crippen molar-refractivity contribution in [2.24, 2.45) is 5.92 Å². The van der Waals surface area contributed by atoms with Gasteiger partial charge in [0.1, 0.15) is 11.6 Å². The first kappa shape index (κ1) is 12.5. The van der Waals surface area contributed by atoms with Crippen LogP contribution in [-0.4, -0.2) is 12.5 Å². The molecule has 1 saturated heterocycles. The maximum absolute atomic E-state index is 13.4. The Hall–Kier alpha value is -0.980. The maximum atomic E-state index is 13.4. The van der Waals surface area contributed by atoms with Crippen molar-refractivity contribution in [1.29, 1.82) is 0 Å². The summed E-state index contributed by atoms with van der Waals surface area (Å²) in [4.78, 5) is 13.1. The molecule has 1 fully saturated rings. The van der Waals surface area contributed by atoms with Crippen LogP contribution in [0.15, 0.2) is 24.8 Å². The molecule has 1 aliphatic heterocycles. The summed E-state index contributed by atoms with van der Waals surface area (Å²) in [5.74, 6) is -1.37. The quantitative estimate of drug-likeness (QED) is 0.457. The van der Waals surface area contributed by atoms with Crippen LogP contribution in [-0.2, 0) is 4.79 Å². The summed E-state index contributed by atoms with van der Waals surface area (Å²) in [5.41, 5.74) is 0.273. The number of hydrogen-bond donors (Lipinski definition) is 0. The van der Waals surface area contributed by atoms with Crippen LogP contribution in [0.3, 0.4) is 0 Å². The second-order valence-electron chi connectivity index (χ2n) is 3.93.